The Labute approximate surface area is 124 Å². The molecule has 1 unspecified atom stereocenters. The predicted molar refractivity (Wildman–Crippen MR) is 84.1 cm³/mol. The van der Waals surface area contributed by atoms with Crippen LogP contribution < -0.4 is 5.73 Å². The zero-order valence-corrected chi connectivity index (χ0v) is 13.4. The first-order valence-corrected chi connectivity index (χ1v) is 7.62. The third kappa shape index (κ3) is 2.64. The van der Waals surface area contributed by atoms with E-state index >= 15 is 0 Å². The highest BCUT2D eigenvalue weighted by molar-refractivity contribution is 9.10. The molecule has 0 spiro atoms. The zero-order valence-electron chi connectivity index (χ0n) is 11.9. The smallest absolute Gasteiger partial charge is 0.192 e. The first kappa shape index (κ1) is 14.4. The third-order valence-electron chi connectivity index (χ3n) is 3.79. The number of hydrogen-bond acceptors (Lipinski definition) is 3. The maximum Gasteiger partial charge on any atom is 0.192 e. The molecule has 0 aromatic heterocycles. The second-order valence-electron chi connectivity index (χ2n) is 5.57. The summed E-state index contributed by atoms with van der Waals surface area (Å²) >= 11 is 3.56. The van der Waals surface area contributed by atoms with Crippen LogP contribution in [-0.4, -0.2) is 23.9 Å². The molecule has 1 heterocycles. The van der Waals surface area contributed by atoms with E-state index in [0.717, 1.165) is 24.0 Å². The average Bonchev–Trinajstić information content (AvgIpc) is 2.67. The molecule has 1 aromatic rings. The van der Waals surface area contributed by atoms with Crippen LogP contribution in [0.4, 0.5) is 0 Å². The summed E-state index contributed by atoms with van der Waals surface area (Å²) in [6.07, 6.45) is 1.00. The van der Waals surface area contributed by atoms with Crippen molar-refractivity contribution in [2.45, 2.75) is 32.7 Å². The Bertz CT molecular complexity index is 484. The Morgan fingerprint density at radius 2 is 2.21 bits per heavy atom. The van der Waals surface area contributed by atoms with Gasteiger partial charge in [0.15, 0.2) is 5.96 Å². The van der Waals surface area contributed by atoms with Gasteiger partial charge in [-0.3, -0.25) is 4.99 Å². The normalized spacial score (nSPS) is 23.0. The molecule has 0 saturated carbocycles. The van der Waals surface area contributed by atoms with Crippen molar-refractivity contribution in [2.75, 3.05) is 13.1 Å². The Kier molecular flexibility index (Phi) is 4.19. The molecule has 19 heavy (non-hydrogen) atoms. The van der Waals surface area contributed by atoms with Gasteiger partial charge in [0.05, 0.1) is 12.1 Å². The van der Waals surface area contributed by atoms with Crippen molar-refractivity contribution in [2.24, 2.45) is 16.6 Å². The van der Waals surface area contributed by atoms with Gasteiger partial charge in [0.1, 0.15) is 0 Å². The average molecular weight is 324 g/mol. The molecule has 3 nitrogen and oxygen atoms in total. The largest absolute Gasteiger partial charge is 0.370 e. The molecule has 0 aliphatic carbocycles. The molecular formula is C15H22BrN3. The van der Waals surface area contributed by atoms with Gasteiger partial charge in [-0.25, -0.2) is 0 Å². The Hall–Kier alpha value is -1.03. The zero-order chi connectivity index (χ0) is 14.0. The van der Waals surface area contributed by atoms with Crippen LogP contribution in [0.1, 0.15) is 32.8 Å². The van der Waals surface area contributed by atoms with E-state index in [0.29, 0.717) is 11.9 Å². The molecule has 2 rings (SSSR count). The van der Waals surface area contributed by atoms with Crippen LogP contribution in [0.3, 0.4) is 0 Å². The van der Waals surface area contributed by atoms with Crippen LogP contribution in [0.2, 0.25) is 0 Å². The number of hydrogen-bond donors (Lipinski definition) is 1. The topological polar surface area (TPSA) is 41.6 Å². The van der Waals surface area contributed by atoms with Gasteiger partial charge in [0.2, 0.25) is 0 Å². The lowest BCUT2D eigenvalue weighted by molar-refractivity contribution is 0.176. The fourth-order valence-corrected chi connectivity index (χ4v) is 3.17. The summed E-state index contributed by atoms with van der Waals surface area (Å²) in [6.45, 7) is 8.33. The fourth-order valence-electron chi connectivity index (χ4n) is 2.77. The first-order valence-electron chi connectivity index (χ1n) is 6.83. The minimum Gasteiger partial charge on any atom is -0.370 e. The van der Waals surface area contributed by atoms with Crippen molar-refractivity contribution in [1.82, 2.24) is 4.90 Å². The summed E-state index contributed by atoms with van der Waals surface area (Å²) in [5.74, 6) is 1.24. The molecule has 2 N–H and O–H groups in total. The van der Waals surface area contributed by atoms with Gasteiger partial charge in [0.25, 0.3) is 0 Å². The van der Waals surface area contributed by atoms with E-state index in [2.05, 4.69) is 70.9 Å². The highest BCUT2D eigenvalue weighted by Gasteiger charge is 2.42. The molecule has 0 amide bonds. The lowest BCUT2D eigenvalue weighted by atomic mass is 9.86. The Morgan fingerprint density at radius 3 is 2.79 bits per heavy atom. The highest BCUT2D eigenvalue weighted by atomic mass is 79.9. The minimum absolute atomic E-state index is 0.0852. The molecule has 1 aliphatic heterocycles. The Balaban J connectivity index is 2.42. The van der Waals surface area contributed by atoms with E-state index in [-0.39, 0.29) is 5.54 Å². The molecular weight excluding hydrogens is 302 g/mol. The number of nitrogens with zero attached hydrogens (tertiary/aromatic N) is 2. The third-order valence-corrected chi connectivity index (χ3v) is 4.28. The van der Waals surface area contributed by atoms with E-state index in [1.165, 1.54) is 5.56 Å². The molecule has 1 aliphatic rings. The van der Waals surface area contributed by atoms with E-state index in [9.17, 15) is 0 Å². The molecule has 0 fully saturated rings. The standard InChI is InChI=1S/C15H22BrN3/c1-4-15(12-6-5-7-13(16)8-12)10-18-14(17)19(15)9-11(2)3/h5-8,11H,4,9-10H2,1-3H3,(H2,17,18). The predicted octanol–water partition coefficient (Wildman–Crippen LogP) is 3.34. The maximum atomic E-state index is 6.12. The van der Waals surface area contributed by atoms with Gasteiger partial charge < -0.3 is 10.6 Å². The summed E-state index contributed by atoms with van der Waals surface area (Å²) < 4.78 is 1.10. The van der Waals surface area contributed by atoms with Crippen molar-refractivity contribution in [1.29, 1.82) is 0 Å². The summed E-state index contributed by atoms with van der Waals surface area (Å²) in [6, 6.07) is 8.50. The van der Waals surface area contributed by atoms with Crippen LogP contribution in [0.25, 0.3) is 0 Å². The van der Waals surface area contributed by atoms with Crippen molar-refractivity contribution in [3.63, 3.8) is 0 Å². The summed E-state index contributed by atoms with van der Waals surface area (Å²) in [4.78, 5) is 6.78. The monoisotopic (exact) mass is 323 g/mol. The number of rotatable bonds is 4. The lowest BCUT2D eigenvalue weighted by Gasteiger charge is -2.40. The fraction of sp³-hybridized carbons (Fsp3) is 0.533. The molecule has 0 saturated heterocycles. The highest BCUT2D eigenvalue weighted by Crippen LogP contribution is 2.37. The van der Waals surface area contributed by atoms with Gasteiger partial charge in [-0.2, -0.15) is 0 Å². The SMILES string of the molecule is CCC1(c2cccc(Br)c2)CN=C(N)N1CC(C)C. The number of halogens is 1. The van der Waals surface area contributed by atoms with Gasteiger partial charge in [-0.05, 0) is 30.0 Å². The second-order valence-corrected chi connectivity index (χ2v) is 6.49. The van der Waals surface area contributed by atoms with Gasteiger partial charge in [-0.1, -0.05) is 48.8 Å². The van der Waals surface area contributed by atoms with E-state index < -0.39 is 0 Å². The van der Waals surface area contributed by atoms with Crippen molar-refractivity contribution in [3.8, 4) is 0 Å². The summed E-state index contributed by atoms with van der Waals surface area (Å²) in [5, 5.41) is 0. The molecule has 4 heteroatoms. The quantitative estimate of drug-likeness (QED) is 0.923. The van der Waals surface area contributed by atoms with Crippen LogP contribution in [0.5, 0.6) is 0 Å². The minimum atomic E-state index is -0.0852. The van der Waals surface area contributed by atoms with Crippen molar-refractivity contribution in [3.05, 3.63) is 34.3 Å². The number of nitrogens with two attached hydrogens (primary N) is 1. The molecule has 104 valence electrons. The lowest BCUT2D eigenvalue weighted by Crippen LogP contribution is -2.50. The van der Waals surface area contributed by atoms with Crippen LogP contribution >= 0.6 is 15.9 Å². The van der Waals surface area contributed by atoms with E-state index in [4.69, 9.17) is 5.73 Å². The van der Waals surface area contributed by atoms with Crippen molar-refractivity contribution >= 4 is 21.9 Å². The first-order chi connectivity index (χ1) is 8.99. The molecule has 1 aromatic carbocycles. The number of aliphatic imine (C=N–C) groups is 1. The van der Waals surface area contributed by atoms with Crippen LogP contribution in [0.15, 0.2) is 33.7 Å². The van der Waals surface area contributed by atoms with Crippen LogP contribution in [-0.2, 0) is 5.54 Å². The molecule has 0 bridgehead atoms. The molecule has 1 atom stereocenters. The van der Waals surface area contributed by atoms with Gasteiger partial charge >= 0.3 is 0 Å². The van der Waals surface area contributed by atoms with Crippen molar-refractivity contribution < 1.29 is 0 Å². The van der Waals surface area contributed by atoms with Crippen LogP contribution in [0, 0.1) is 5.92 Å². The van der Waals surface area contributed by atoms with Gasteiger partial charge in [-0.15, -0.1) is 0 Å². The molecule has 0 radical (unpaired) electrons. The number of guanidine groups is 1. The van der Waals surface area contributed by atoms with E-state index in [1.807, 2.05) is 0 Å². The van der Waals surface area contributed by atoms with Gasteiger partial charge in [0, 0.05) is 11.0 Å². The Morgan fingerprint density at radius 1 is 1.47 bits per heavy atom. The summed E-state index contributed by atoms with van der Waals surface area (Å²) in [5.41, 5.74) is 7.32. The summed E-state index contributed by atoms with van der Waals surface area (Å²) in [7, 11) is 0. The van der Waals surface area contributed by atoms with E-state index in [1.54, 1.807) is 0 Å². The maximum absolute atomic E-state index is 6.12. The second kappa shape index (κ2) is 5.53. The number of benzene rings is 1.